The molecule has 0 aromatic rings. The van der Waals surface area contributed by atoms with Crippen molar-refractivity contribution in [2.45, 2.75) is 254 Å². The molecule has 0 unspecified atom stereocenters. The number of rotatable bonds is 18. The maximum Gasteiger partial charge on any atom is 1.00 e. The Bertz CT molecular complexity index is 2600. The predicted molar refractivity (Wildman–Crippen MR) is 282 cm³/mol. The normalized spacial score (nSPS) is 48.3. The number of carbonyl (C=O) groups is 3. The number of allylic oxidation sites excluding steroid dienone is 1. The van der Waals surface area contributed by atoms with Crippen LogP contribution in [0.1, 0.15) is 114 Å². The molecule has 8 fully saturated rings. The summed E-state index contributed by atoms with van der Waals surface area (Å²) in [6.45, 7) is 13.6. The van der Waals surface area contributed by atoms with Gasteiger partial charge in [-0.05, 0) is 101 Å². The van der Waals surface area contributed by atoms with Gasteiger partial charge in [0.15, 0.2) is 36.5 Å². The molecule has 486 valence electrons. The van der Waals surface area contributed by atoms with E-state index in [1.54, 1.807) is 20.8 Å². The Kier molecular flexibility index (Phi) is 21.1. The number of ether oxygens (including phenoxy) is 11. The Morgan fingerprint density at radius 3 is 1.90 bits per heavy atom. The van der Waals surface area contributed by atoms with Gasteiger partial charge < -0.3 is 108 Å². The topological polar surface area (TPSA) is 421 Å². The number of ketones is 1. The van der Waals surface area contributed by atoms with Crippen molar-refractivity contribution in [2.75, 3.05) is 26.9 Å². The van der Waals surface area contributed by atoms with Gasteiger partial charge in [0.1, 0.15) is 96.5 Å². The number of carbonyl (C=O) groups excluding carboxylic acids is 3. The first-order valence-corrected chi connectivity index (χ1v) is 30.6. The van der Waals surface area contributed by atoms with Crippen LogP contribution in [0.4, 0.5) is 0 Å². The monoisotopic (exact) mass is 1260 g/mol. The smallest absolute Gasteiger partial charge is 0.726 e. The maximum absolute atomic E-state index is 14.6. The summed E-state index contributed by atoms with van der Waals surface area (Å²) in [7, 11) is -4.28. The standard InChI is InChI=1S/C56H88O28S.Na/c1-23-42(79-48-41(68)44(36(63)28(21-58)77-48)80-47-40(67)43(73-10)35(62)27(20-57)76-47)38(65)39(66)46(75-23)81-45-37(64)29(84-85(70,71)72)22-74-49(45)78-34-15-17-53(7)26-19-33(61)56-31(13-18-54(56,8)25(26)11-12-30(53)52(34,5)6)55(9,83-50(56)69)32(60)14-16-51(3,4)82-24(2)59;/h19,23,25,27-31,33-49,57-58,61-68H,11-18,20-22H2,1-10H3,(H,70,71,72);/q;+1/p-1/t23-,25-,27-,28-,29-,30+,31-,33+,34+,35-,36-,37+,38-,39-,40-,41-,42-,43+,44+,45-,46+,47+,48+,49+,53-,54+,55-,56+;/m1./s1. The zero-order valence-corrected chi connectivity index (χ0v) is 53.3. The average molecular weight is 1260 g/mol. The molecule has 0 radical (unpaired) electrons. The van der Waals surface area contributed by atoms with Gasteiger partial charge >= 0.3 is 41.5 Å². The third-order valence-corrected chi connectivity index (χ3v) is 21.5. The molecule has 5 heterocycles. The fraction of sp³-hybridized carbons (Fsp3) is 0.911. The summed E-state index contributed by atoms with van der Waals surface area (Å²) in [5, 5.41) is 112. The fourth-order valence-electron chi connectivity index (χ4n) is 16.6. The first kappa shape index (κ1) is 70.3. The van der Waals surface area contributed by atoms with E-state index in [1.165, 1.54) is 21.0 Å². The number of hydrogen-bond donors (Lipinski definition) is 10. The summed E-state index contributed by atoms with van der Waals surface area (Å²) in [6.07, 6.45) is -29.7. The molecule has 9 aliphatic rings. The molecule has 28 nitrogen and oxygen atoms in total. The van der Waals surface area contributed by atoms with E-state index in [2.05, 4.69) is 11.1 Å². The Morgan fingerprint density at radius 1 is 0.721 bits per heavy atom. The first-order valence-electron chi connectivity index (χ1n) is 29.3. The van der Waals surface area contributed by atoms with E-state index < -0.39 is 210 Å². The second kappa shape index (κ2) is 25.7. The molecule has 86 heavy (non-hydrogen) atoms. The van der Waals surface area contributed by atoms with Gasteiger partial charge in [-0.25, -0.2) is 8.42 Å². The summed E-state index contributed by atoms with van der Waals surface area (Å²) in [6, 6.07) is 0. The number of aliphatic hydroxyl groups excluding tert-OH is 10. The van der Waals surface area contributed by atoms with Gasteiger partial charge in [0, 0.05) is 26.4 Å². The second-order valence-corrected chi connectivity index (χ2v) is 27.7. The third kappa shape index (κ3) is 12.1. The van der Waals surface area contributed by atoms with E-state index in [9.17, 15) is 78.4 Å². The van der Waals surface area contributed by atoms with Crippen LogP contribution in [0.25, 0.3) is 0 Å². The largest absolute Gasteiger partial charge is 1.00 e. The minimum Gasteiger partial charge on any atom is -0.726 e. The SMILES string of the molecule is CO[C@@H]1[C@@H](O)[C@H](O[C@@H]2[C@@H](O)[C@H](O[C@H]3[C@H](O)[C@@H](O)[C@H](O[C@H]4[C@H](O[C@H]5CC[C@]6(C)C7=C[C@H](O)[C@]89C(=O)O[C@@](C)(C(=O)CCC(C)(C)OC(C)=O)[C@H]8CC[C@@]9(C)[C@@H]7CC[C@H]6C5(C)C)OC[C@@H](OS(=O)(=O)[O-])[C@@H]4O)O[C@@H]3C)O[C@H](CO)[C@H]2O)O[C@H](CO)[C@H]1O.[Na+]. The molecule has 5 saturated heterocycles. The molecule has 9 rings (SSSR count). The van der Waals surface area contributed by atoms with Gasteiger partial charge in [-0.3, -0.25) is 18.6 Å². The van der Waals surface area contributed by atoms with Crippen molar-refractivity contribution >= 4 is 28.1 Å². The van der Waals surface area contributed by atoms with Crippen molar-refractivity contribution in [1.82, 2.24) is 0 Å². The molecule has 3 saturated carbocycles. The molecule has 10 N–H and O–H groups in total. The fourth-order valence-corrected chi connectivity index (χ4v) is 17.1. The number of methoxy groups -OCH3 is 1. The summed E-state index contributed by atoms with van der Waals surface area (Å²) in [5.41, 5.74) is -5.03. The van der Waals surface area contributed by atoms with Gasteiger partial charge in [0.05, 0.1) is 38.1 Å². The van der Waals surface area contributed by atoms with Crippen molar-refractivity contribution in [3.8, 4) is 0 Å². The van der Waals surface area contributed by atoms with Crippen molar-refractivity contribution in [1.29, 1.82) is 0 Å². The van der Waals surface area contributed by atoms with E-state index in [-0.39, 0.29) is 60.0 Å². The molecule has 0 aromatic carbocycles. The quantitative estimate of drug-likeness (QED) is 0.0153. The van der Waals surface area contributed by atoms with Crippen molar-refractivity contribution < 1.29 is 164 Å². The Labute approximate surface area is 521 Å². The molecule has 30 heteroatoms. The number of esters is 2. The number of Topliss-reactive ketones (excluding diaryl/α,β-unsaturated/α-hetero) is 1. The van der Waals surface area contributed by atoms with Gasteiger partial charge in [0.2, 0.25) is 10.4 Å². The van der Waals surface area contributed by atoms with Crippen LogP contribution in [0, 0.1) is 39.4 Å². The van der Waals surface area contributed by atoms with Crippen molar-refractivity contribution in [3.63, 3.8) is 0 Å². The predicted octanol–water partition coefficient (Wildman–Crippen LogP) is -4.98. The van der Waals surface area contributed by atoms with E-state index in [1.807, 2.05) is 26.8 Å². The number of aliphatic hydroxyl groups is 10. The van der Waals surface area contributed by atoms with Crippen LogP contribution >= 0.6 is 0 Å². The van der Waals surface area contributed by atoms with Gasteiger partial charge in [-0.2, -0.15) is 0 Å². The van der Waals surface area contributed by atoms with Crippen LogP contribution in [-0.2, 0) is 81.1 Å². The van der Waals surface area contributed by atoms with E-state index in [0.717, 1.165) is 5.57 Å². The van der Waals surface area contributed by atoms with Crippen LogP contribution in [0.5, 0.6) is 0 Å². The number of hydrogen-bond acceptors (Lipinski definition) is 28. The molecule has 1 spiro atoms. The van der Waals surface area contributed by atoms with Crippen LogP contribution < -0.4 is 29.6 Å². The Balaban J connectivity index is 0.00000961. The molecule has 28 atom stereocenters. The second-order valence-electron chi connectivity index (χ2n) is 26.6. The zero-order valence-electron chi connectivity index (χ0n) is 50.4. The molecular weight excluding hydrogens is 1180 g/mol. The molecular formula is C56H87NaO28S. The summed E-state index contributed by atoms with van der Waals surface area (Å²) in [5.74, 6) is -2.38. The molecule has 0 aromatic heterocycles. The number of fused-ring (bicyclic) bond motifs is 4. The van der Waals surface area contributed by atoms with Gasteiger partial charge in [-0.15, -0.1) is 0 Å². The average Bonchev–Trinajstić information content (AvgIpc) is 1.44. The number of cyclic esters (lactones) is 1. The summed E-state index contributed by atoms with van der Waals surface area (Å²) >= 11 is 0. The van der Waals surface area contributed by atoms with Gasteiger partial charge in [-0.1, -0.05) is 39.3 Å². The van der Waals surface area contributed by atoms with E-state index in [4.69, 9.17) is 52.1 Å². The van der Waals surface area contributed by atoms with Crippen molar-refractivity contribution in [3.05, 3.63) is 11.6 Å². The first-order chi connectivity index (χ1) is 39.6. The Hall–Kier alpha value is -1.54. The minimum atomic E-state index is -5.46. The van der Waals surface area contributed by atoms with E-state index in [0.29, 0.717) is 38.5 Å². The maximum atomic E-state index is 14.6. The van der Waals surface area contributed by atoms with E-state index >= 15 is 0 Å². The van der Waals surface area contributed by atoms with Gasteiger partial charge in [0.25, 0.3) is 0 Å². The molecule has 4 aliphatic carbocycles. The summed E-state index contributed by atoms with van der Waals surface area (Å²) in [4.78, 5) is 40.6. The van der Waals surface area contributed by atoms with Crippen LogP contribution in [0.2, 0.25) is 0 Å². The minimum absolute atomic E-state index is 0. The summed E-state index contributed by atoms with van der Waals surface area (Å²) < 4.78 is 105. The van der Waals surface area contributed by atoms with Crippen LogP contribution in [0.15, 0.2) is 11.6 Å². The molecule has 5 aliphatic heterocycles. The molecule has 0 amide bonds. The van der Waals surface area contributed by atoms with Crippen LogP contribution in [-0.4, -0.2) is 249 Å². The zero-order chi connectivity index (χ0) is 62.6. The van der Waals surface area contributed by atoms with Crippen LogP contribution in [0.3, 0.4) is 0 Å². The molecule has 0 bridgehead atoms. The van der Waals surface area contributed by atoms with Crippen molar-refractivity contribution in [2.24, 2.45) is 39.4 Å². The third-order valence-electron chi connectivity index (χ3n) is 21.0. The Morgan fingerprint density at radius 2 is 1.30 bits per heavy atom.